The fourth-order valence-corrected chi connectivity index (χ4v) is 3.72. The Morgan fingerprint density at radius 3 is 2.32 bits per heavy atom. The molecule has 0 radical (unpaired) electrons. The van der Waals surface area contributed by atoms with Gasteiger partial charge in [0.2, 0.25) is 5.75 Å². The van der Waals surface area contributed by atoms with Gasteiger partial charge in [-0.25, -0.2) is 9.59 Å². The Bertz CT molecular complexity index is 1460. The van der Waals surface area contributed by atoms with Crippen LogP contribution < -0.4 is 29.3 Å². The first kappa shape index (κ1) is 23.3. The molecule has 0 bridgehead atoms. The molecule has 176 valence electrons. The lowest BCUT2D eigenvalue weighted by Gasteiger charge is -2.15. The summed E-state index contributed by atoms with van der Waals surface area (Å²) in [4.78, 5) is 25.0. The minimum Gasteiger partial charge on any atom is -0.493 e. The first-order valence-electron chi connectivity index (χ1n) is 10.2. The van der Waals surface area contributed by atoms with E-state index in [-0.39, 0.29) is 23.3 Å². The van der Waals surface area contributed by atoms with Gasteiger partial charge in [0.15, 0.2) is 18.1 Å². The molecule has 0 amide bonds. The molecular formula is C25H21ClO8. The molecule has 0 spiro atoms. The Morgan fingerprint density at radius 1 is 0.912 bits per heavy atom. The maximum absolute atomic E-state index is 12.7. The molecule has 4 rings (SSSR count). The third-order valence-electron chi connectivity index (χ3n) is 5.19. The highest BCUT2D eigenvalue weighted by Crippen LogP contribution is 2.45. The zero-order valence-electron chi connectivity index (χ0n) is 18.9. The summed E-state index contributed by atoms with van der Waals surface area (Å²) >= 11 is 6.00. The number of aryl methyl sites for hydroxylation is 1. The zero-order chi connectivity index (χ0) is 24.4. The molecule has 34 heavy (non-hydrogen) atoms. The molecule has 0 saturated carbocycles. The van der Waals surface area contributed by atoms with Gasteiger partial charge < -0.3 is 28.1 Å². The fourth-order valence-electron chi connectivity index (χ4n) is 3.61. The number of carbonyl (C=O) groups is 1. The molecular weight excluding hydrogens is 464 g/mol. The Hall–Kier alpha value is -3.91. The number of hydrogen-bond donors (Lipinski definition) is 0. The van der Waals surface area contributed by atoms with Crippen molar-refractivity contribution < 1.29 is 32.9 Å². The molecule has 0 aliphatic carbocycles. The summed E-state index contributed by atoms with van der Waals surface area (Å²) in [6, 6.07) is 11.3. The maximum atomic E-state index is 12.7. The normalized spacial score (nSPS) is 10.9. The third kappa shape index (κ3) is 4.32. The van der Waals surface area contributed by atoms with Crippen LogP contribution >= 0.6 is 11.6 Å². The molecule has 0 fully saturated rings. The van der Waals surface area contributed by atoms with Crippen LogP contribution in [-0.2, 0) is 4.79 Å². The number of benzene rings is 3. The van der Waals surface area contributed by atoms with Crippen molar-refractivity contribution in [3.8, 4) is 28.7 Å². The molecule has 0 saturated heterocycles. The predicted octanol–water partition coefficient (Wildman–Crippen LogP) is 4.92. The summed E-state index contributed by atoms with van der Waals surface area (Å²) in [5.41, 5.74) is 0.434. The SMILES string of the molecule is COc1cc2c(=O)oc3cc(OC(=O)COc4ccc(Cl)c(C)c4)ccc3c2c(OC)c1OC. The van der Waals surface area contributed by atoms with Gasteiger partial charge in [0, 0.05) is 21.9 Å². The molecule has 9 heteroatoms. The Labute approximate surface area is 199 Å². The molecule has 1 heterocycles. The van der Waals surface area contributed by atoms with E-state index in [9.17, 15) is 9.59 Å². The van der Waals surface area contributed by atoms with Crippen molar-refractivity contribution in [1.29, 1.82) is 0 Å². The molecule has 8 nitrogen and oxygen atoms in total. The lowest BCUT2D eigenvalue weighted by atomic mass is 10.0. The lowest BCUT2D eigenvalue weighted by Crippen LogP contribution is -2.17. The molecule has 4 aromatic rings. The van der Waals surface area contributed by atoms with Gasteiger partial charge >= 0.3 is 11.6 Å². The van der Waals surface area contributed by atoms with Crippen LogP contribution in [0.25, 0.3) is 21.7 Å². The van der Waals surface area contributed by atoms with Crippen molar-refractivity contribution in [1.82, 2.24) is 0 Å². The van der Waals surface area contributed by atoms with Gasteiger partial charge in [-0.15, -0.1) is 0 Å². The average molecular weight is 485 g/mol. The first-order chi connectivity index (χ1) is 16.4. The second kappa shape index (κ2) is 9.52. The number of fused-ring (bicyclic) bond motifs is 3. The van der Waals surface area contributed by atoms with Crippen LogP contribution in [0.3, 0.4) is 0 Å². The smallest absolute Gasteiger partial charge is 0.349 e. The van der Waals surface area contributed by atoms with Crippen LogP contribution in [0.1, 0.15) is 5.56 Å². The van der Waals surface area contributed by atoms with Crippen LogP contribution in [0, 0.1) is 6.92 Å². The van der Waals surface area contributed by atoms with Gasteiger partial charge in [0.05, 0.1) is 26.7 Å². The summed E-state index contributed by atoms with van der Waals surface area (Å²) in [6.07, 6.45) is 0. The van der Waals surface area contributed by atoms with Crippen molar-refractivity contribution in [3.63, 3.8) is 0 Å². The number of ether oxygens (including phenoxy) is 5. The van der Waals surface area contributed by atoms with Gasteiger partial charge in [-0.2, -0.15) is 0 Å². The largest absolute Gasteiger partial charge is 0.493 e. The topological polar surface area (TPSA) is 93.4 Å². The average Bonchev–Trinajstić information content (AvgIpc) is 2.83. The van der Waals surface area contributed by atoms with Crippen LogP contribution in [-0.4, -0.2) is 33.9 Å². The van der Waals surface area contributed by atoms with Gasteiger partial charge in [-0.1, -0.05) is 11.6 Å². The number of halogens is 1. The lowest BCUT2D eigenvalue weighted by molar-refractivity contribution is -0.136. The monoisotopic (exact) mass is 484 g/mol. The molecule has 3 aromatic carbocycles. The molecule has 0 aliphatic rings. The summed E-state index contributed by atoms with van der Waals surface area (Å²) in [6.45, 7) is 1.52. The summed E-state index contributed by atoms with van der Waals surface area (Å²) in [7, 11) is 4.41. The molecule has 0 N–H and O–H groups in total. The van der Waals surface area contributed by atoms with Crippen LogP contribution in [0.5, 0.6) is 28.7 Å². The van der Waals surface area contributed by atoms with Crippen molar-refractivity contribution in [2.24, 2.45) is 0 Å². The number of carbonyl (C=O) groups excluding carboxylic acids is 1. The number of rotatable bonds is 7. The van der Waals surface area contributed by atoms with E-state index in [0.717, 1.165) is 5.56 Å². The second-order valence-electron chi connectivity index (χ2n) is 7.29. The summed E-state index contributed by atoms with van der Waals surface area (Å²) in [5.74, 6) is 1.06. The highest BCUT2D eigenvalue weighted by Gasteiger charge is 2.21. The quantitative estimate of drug-likeness (QED) is 0.158. The zero-order valence-corrected chi connectivity index (χ0v) is 19.6. The summed E-state index contributed by atoms with van der Waals surface area (Å²) in [5, 5.41) is 1.93. The van der Waals surface area contributed by atoms with Crippen molar-refractivity contribution in [2.45, 2.75) is 6.92 Å². The molecule has 0 atom stereocenters. The van der Waals surface area contributed by atoms with Gasteiger partial charge in [0.25, 0.3) is 0 Å². The van der Waals surface area contributed by atoms with E-state index in [1.54, 1.807) is 30.3 Å². The number of hydrogen-bond acceptors (Lipinski definition) is 8. The van der Waals surface area contributed by atoms with Crippen molar-refractivity contribution in [2.75, 3.05) is 27.9 Å². The standard InChI is InChI=1S/C25H21ClO8/c1-13-9-14(6-8-18(13)26)32-12-21(27)33-15-5-7-16-19(10-15)34-25(28)17-11-20(29-2)23(30-3)24(31-4)22(16)17/h5-11H,12H2,1-4H3. The van der Waals surface area contributed by atoms with Gasteiger partial charge in [0.1, 0.15) is 17.1 Å². The predicted molar refractivity (Wildman–Crippen MR) is 127 cm³/mol. The van der Waals surface area contributed by atoms with Crippen LogP contribution in [0.2, 0.25) is 5.02 Å². The summed E-state index contributed by atoms with van der Waals surface area (Å²) < 4.78 is 32.6. The van der Waals surface area contributed by atoms with Crippen LogP contribution in [0.15, 0.2) is 51.7 Å². The Kier molecular flexibility index (Phi) is 6.51. The van der Waals surface area contributed by atoms with E-state index in [4.69, 9.17) is 39.7 Å². The molecule has 0 unspecified atom stereocenters. The van der Waals surface area contributed by atoms with Crippen molar-refractivity contribution >= 4 is 39.3 Å². The highest BCUT2D eigenvalue weighted by molar-refractivity contribution is 6.31. The van der Waals surface area contributed by atoms with Gasteiger partial charge in [-0.3, -0.25) is 0 Å². The number of methoxy groups -OCH3 is 3. The van der Waals surface area contributed by atoms with E-state index in [1.165, 1.54) is 33.5 Å². The Balaban J connectivity index is 1.66. The van der Waals surface area contributed by atoms with E-state index >= 15 is 0 Å². The maximum Gasteiger partial charge on any atom is 0.349 e. The van der Waals surface area contributed by atoms with Crippen LogP contribution in [0.4, 0.5) is 0 Å². The minimum absolute atomic E-state index is 0.190. The van der Waals surface area contributed by atoms with E-state index in [0.29, 0.717) is 38.8 Å². The van der Waals surface area contributed by atoms with E-state index in [2.05, 4.69) is 0 Å². The minimum atomic E-state index is -0.626. The number of esters is 1. The van der Waals surface area contributed by atoms with Gasteiger partial charge in [-0.05, 0) is 48.9 Å². The van der Waals surface area contributed by atoms with Crippen molar-refractivity contribution in [3.05, 3.63) is 63.5 Å². The highest BCUT2D eigenvalue weighted by atomic mass is 35.5. The molecule has 1 aromatic heterocycles. The second-order valence-corrected chi connectivity index (χ2v) is 7.70. The Morgan fingerprint density at radius 2 is 1.65 bits per heavy atom. The fraction of sp³-hybridized carbons (Fsp3) is 0.200. The first-order valence-corrected chi connectivity index (χ1v) is 10.5. The van der Waals surface area contributed by atoms with E-state index < -0.39 is 11.6 Å². The molecule has 0 aliphatic heterocycles. The third-order valence-corrected chi connectivity index (χ3v) is 5.62. The van der Waals surface area contributed by atoms with E-state index in [1.807, 2.05) is 6.92 Å².